The number of carbonyl (C=O) groups is 1. The number of hydrogen-bond acceptors (Lipinski definition) is 4. The van der Waals surface area contributed by atoms with Crippen molar-refractivity contribution >= 4 is 11.8 Å². The highest BCUT2D eigenvalue weighted by molar-refractivity contribution is 5.93. The first-order valence-corrected chi connectivity index (χ1v) is 7.20. The maximum atomic E-state index is 13.4. The zero-order valence-electron chi connectivity index (χ0n) is 12.9. The van der Waals surface area contributed by atoms with E-state index < -0.39 is 29.6 Å². The Morgan fingerprint density at radius 1 is 1.32 bits per heavy atom. The summed E-state index contributed by atoms with van der Waals surface area (Å²) >= 11 is 0. The number of aromatic nitrogens is 2. The number of alkyl halides is 3. The van der Waals surface area contributed by atoms with Crippen LogP contribution in [-0.4, -0.2) is 40.0 Å². The van der Waals surface area contributed by atoms with E-state index in [-0.39, 0.29) is 24.4 Å². The molecule has 25 heavy (non-hydrogen) atoms. The number of aromatic carboxylic acids is 1. The lowest BCUT2D eigenvalue weighted by atomic mass is 10.1. The highest BCUT2D eigenvalue weighted by atomic mass is 19.4. The molecule has 0 amide bonds. The highest BCUT2D eigenvalue weighted by Gasteiger charge is 2.35. The van der Waals surface area contributed by atoms with Gasteiger partial charge in [-0.1, -0.05) is 0 Å². The molecule has 10 heteroatoms. The van der Waals surface area contributed by atoms with Crippen molar-refractivity contribution in [2.24, 2.45) is 7.05 Å². The number of rotatable bonds is 4. The van der Waals surface area contributed by atoms with E-state index in [1.54, 1.807) is 11.9 Å². The van der Waals surface area contributed by atoms with Gasteiger partial charge in [0.15, 0.2) is 0 Å². The van der Waals surface area contributed by atoms with Gasteiger partial charge in [0.25, 0.3) is 0 Å². The Morgan fingerprint density at radius 2 is 2.00 bits per heavy atom. The van der Waals surface area contributed by atoms with E-state index in [1.807, 2.05) is 0 Å². The third-order valence-corrected chi connectivity index (χ3v) is 3.79. The summed E-state index contributed by atoms with van der Waals surface area (Å²) in [6.45, 7) is 0.495. The summed E-state index contributed by atoms with van der Waals surface area (Å²) in [7, 11) is 1.58. The van der Waals surface area contributed by atoms with E-state index in [9.17, 15) is 22.4 Å². The van der Waals surface area contributed by atoms with Crippen LogP contribution in [0, 0.1) is 5.82 Å². The van der Waals surface area contributed by atoms with Gasteiger partial charge in [-0.05, 0) is 12.1 Å². The van der Waals surface area contributed by atoms with Gasteiger partial charge in [-0.3, -0.25) is 4.68 Å². The standard InChI is InChI=1S/C15H13F4N3O3/c1-21-13(12(5-20-21)14(23)24)22-6-11(7-22)25-10-3-8(15(17,18)19)2-9(16)4-10/h2-5,11H,6-7H2,1H3,(H,23,24). The van der Waals surface area contributed by atoms with Crippen LogP contribution in [0.2, 0.25) is 0 Å². The molecule has 0 radical (unpaired) electrons. The van der Waals surface area contributed by atoms with Crippen molar-refractivity contribution in [3.63, 3.8) is 0 Å². The average Bonchev–Trinajstić information content (AvgIpc) is 2.82. The molecular weight excluding hydrogens is 346 g/mol. The van der Waals surface area contributed by atoms with E-state index >= 15 is 0 Å². The minimum Gasteiger partial charge on any atom is -0.487 e. The molecule has 1 aliphatic heterocycles. The summed E-state index contributed by atoms with van der Waals surface area (Å²) in [5, 5.41) is 13.0. The number of ether oxygens (including phenoxy) is 1. The van der Waals surface area contributed by atoms with E-state index in [4.69, 9.17) is 9.84 Å². The van der Waals surface area contributed by atoms with Gasteiger partial charge < -0.3 is 14.7 Å². The Hall–Kier alpha value is -2.78. The van der Waals surface area contributed by atoms with Gasteiger partial charge in [-0.15, -0.1) is 0 Å². The number of nitrogens with zero attached hydrogens (tertiary/aromatic N) is 3. The van der Waals surface area contributed by atoms with Crippen molar-refractivity contribution in [3.05, 3.63) is 41.3 Å². The molecule has 2 aromatic rings. The van der Waals surface area contributed by atoms with Gasteiger partial charge in [-0.25, -0.2) is 9.18 Å². The average molecular weight is 359 g/mol. The SMILES string of the molecule is Cn1ncc(C(=O)O)c1N1CC(Oc2cc(F)cc(C(F)(F)F)c2)C1. The number of aryl methyl sites for hydroxylation is 1. The van der Waals surface area contributed by atoms with E-state index in [0.29, 0.717) is 11.9 Å². The smallest absolute Gasteiger partial charge is 0.416 e. The van der Waals surface area contributed by atoms with Gasteiger partial charge in [0.2, 0.25) is 0 Å². The van der Waals surface area contributed by atoms with Crippen molar-refractivity contribution in [2.75, 3.05) is 18.0 Å². The molecule has 3 rings (SSSR count). The second kappa shape index (κ2) is 5.94. The van der Waals surface area contributed by atoms with Crippen molar-refractivity contribution < 1.29 is 32.2 Å². The Bertz CT molecular complexity index is 813. The molecule has 0 atom stereocenters. The van der Waals surface area contributed by atoms with Crippen LogP contribution in [0.25, 0.3) is 0 Å². The van der Waals surface area contributed by atoms with Gasteiger partial charge in [0.05, 0.1) is 24.8 Å². The maximum Gasteiger partial charge on any atom is 0.416 e. The molecule has 1 aromatic carbocycles. The first kappa shape index (κ1) is 17.1. The van der Waals surface area contributed by atoms with Crippen molar-refractivity contribution in [2.45, 2.75) is 12.3 Å². The molecule has 0 saturated carbocycles. The van der Waals surface area contributed by atoms with Crippen LogP contribution < -0.4 is 9.64 Å². The largest absolute Gasteiger partial charge is 0.487 e. The van der Waals surface area contributed by atoms with Gasteiger partial charge in [-0.2, -0.15) is 18.3 Å². The normalized spacial score (nSPS) is 15.2. The fraction of sp³-hybridized carbons (Fsp3) is 0.333. The summed E-state index contributed by atoms with van der Waals surface area (Å²) in [5.74, 6) is -2.02. The first-order valence-electron chi connectivity index (χ1n) is 7.20. The number of carboxylic acids is 1. The van der Waals surface area contributed by atoms with Crippen LogP contribution in [0.1, 0.15) is 15.9 Å². The number of hydrogen-bond donors (Lipinski definition) is 1. The number of anilines is 1. The molecule has 6 nitrogen and oxygen atoms in total. The minimum atomic E-state index is -4.67. The number of benzene rings is 1. The molecule has 2 heterocycles. The summed E-state index contributed by atoms with van der Waals surface area (Å²) in [6.07, 6.45) is -3.94. The summed E-state index contributed by atoms with van der Waals surface area (Å²) < 4.78 is 58.2. The monoisotopic (exact) mass is 359 g/mol. The number of carboxylic acid groups (broad SMARTS) is 1. The summed E-state index contributed by atoms with van der Waals surface area (Å²) in [6, 6.07) is 2.01. The van der Waals surface area contributed by atoms with Crippen molar-refractivity contribution in [3.8, 4) is 5.75 Å². The van der Waals surface area contributed by atoms with Crippen molar-refractivity contribution in [1.29, 1.82) is 0 Å². The zero-order chi connectivity index (χ0) is 18.4. The van der Waals surface area contributed by atoms with Crippen LogP contribution in [0.15, 0.2) is 24.4 Å². The molecule has 0 unspecified atom stereocenters. The van der Waals surface area contributed by atoms with E-state index in [1.165, 1.54) is 10.9 Å². The third-order valence-electron chi connectivity index (χ3n) is 3.79. The molecule has 0 aliphatic carbocycles. The van der Waals surface area contributed by atoms with Gasteiger partial charge in [0, 0.05) is 13.1 Å². The number of halogens is 4. The van der Waals surface area contributed by atoms with Gasteiger partial charge in [0.1, 0.15) is 29.1 Å². The molecule has 1 fully saturated rings. The summed E-state index contributed by atoms with van der Waals surface area (Å²) in [4.78, 5) is 12.8. The van der Waals surface area contributed by atoms with Crippen LogP contribution in [0.3, 0.4) is 0 Å². The molecule has 0 bridgehead atoms. The zero-order valence-corrected chi connectivity index (χ0v) is 12.9. The molecule has 1 aromatic heterocycles. The Kier molecular flexibility index (Phi) is 4.05. The lowest BCUT2D eigenvalue weighted by Gasteiger charge is -2.40. The lowest BCUT2D eigenvalue weighted by molar-refractivity contribution is -0.137. The molecule has 1 aliphatic rings. The fourth-order valence-electron chi connectivity index (χ4n) is 2.63. The van der Waals surface area contributed by atoms with E-state index in [0.717, 1.165) is 12.1 Å². The molecule has 1 N–H and O–H groups in total. The second-order valence-electron chi connectivity index (χ2n) is 5.63. The van der Waals surface area contributed by atoms with Crippen LogP contribution in [0.5, 0.6) is 5.75 Å². The molecular formula is C15H13F4N3O3. The third kappa shape index (κ3) is 3.37. The van der Waals surface area contributed by atoms with Crippen molar-refractivity contribution in [1.82, 2.24) is 9.78 Å². The second-order valence-corrected chi connectivity index (χ2v) is 5.63. The predicted octanol–water partition coefficient (Wildman–Crippen LogP) is 2.54. The van der Waals surface area contributed by atoms with E-state index in [2.05, 4.69) is 5.10 Å². The summed E-state index contributed by atoms with van der Waals surface area (Å²) in [5.41, 5.74) is -1.11. The highest BCUT2D eigenvalue weighted by Crippen LogP contribution is 2.33. The topological polar surface area (TPSA) is 67.6 Å². The lowest BCUT2D eigenvalue weighted by Crippen LogP contribution is -2.55. The Balaban J connectivity index is 1.70. The molecule has 134 valence electrons. The minimum absolute atomic E-state index is 0.0195. The van der Waals surface area contributed by atoms with Crippen LogP contribution in [-0.2, 0) is 13.2 Å². The Morgan fingerprint density at radius 3 is 2.60 bits per heavy atom. The quantitative estimate of drug-likeness (QED) is 0.850. The first-order chi connectivity index (χ1) is 11.6. The Labute approximate surface area is 139 Å². The fourth-order valence-corrected chi connectivity index (χ4v) is 2.63. The van der Waals surface area contributed by atoms with Gasteiger partial charge >= 0.3 is 12.1 Å². The maximum absolute atomic E-state index is 13.4. The van der Waals surface area contributed by atoms with Crippen LogP contribution >= 0.6 is 0 Å². The predicted molar refractivity (Wildman–Crippen MR) is 78.2 cm³/mol. The molecule has 0 spiro atoms. The van der Waals surface area contributed by atoms with Crippen LogP contribution in [0.4, 0.5) is 23.4 Å². The molecule has 1 saturated heterocycles.